The molecule has 2 aromatic heterocycles. The summed E-state index contributed by atoms with van der Waals surface area (Å²) >= 11 is 1.56. The molecular weight excluding hydrogens is 586 g/mol. The van der Waals surface area contributed by atoms with E-state index in [0.717, 1.165) is 4.90 Å². The molecule has 2 bridgehead atoms. The highest BCUT2D eigenvalue weighted by Gasteiger charge is 2.33. The van der Waals surface area contributed by atoms with Crippen LogP contribution in [-0.2, 0) is 15.3 Å². The summed E-state index contributed by atoms with van der Waals surface area (Å²) in [4.78, 5) is 57.9. The standard InChI is InChI=1S/C31H39N5O7S/c1-18(2)15-23-31-35-24(16-42-31)27(38)32-14-8-7-11-22(28(39)36-26(19(3)37)30(41)34-23)33-29(40)25-13-12-20(43-25)17-44-21-9-5-4-6-10-21/h4-6,9-10,12-13,16,18-19,22-23,26,37H,7-8,11,14-15,17H2,1-3H3,(H,32,38)(H,33,40)(H,34,41)(H,36,39)/t19-,22+,23+,26+/m1/s1. The Balaban J connectivity index is 1.49. The maximum atomic E-state index is 13.5. The fourth-order valence-corrected chi connectivity index (χ4v) is 5.49. The molecule has 4 rings (SSSR count). The molecule has 1 aliphatic heterocycles. The summed E-state index contributed by atoms with van der Waals surface area (Å²) < 4.78 is 11.3. The highest BCUT2D eigenvalue weighted by molar-refractivity contribution is 7.98. The monoisotopic (exact) mass is 625 g/mol. The normalized spacial score (nSPS) is 20.8. The second-order valence-corrected chi connectivity index (χ2v) is 12.2. The Bertz CT molecular complexity index is 1420. The van der Waals surface area contributed by atoms with Crippen molar-refractivity contribution in [3.8, 4) is 0 Å². The SMILES string of the molecule is CC(C)C[C@@H]1NC(=O)[C@H]([C@@H](C)O)NC(=O)[C@@H](NC(=O)c2ccc(CSc3ccccc3)o2)CCCCNC(=O)c2coc1n2. The zero-order valence-corrected chi connectivity index (χ0v) is 25.8. The molecule has 0 radical (unpaired) electrons. The number of hydrogen-bond donors (Lipinski definition) is 5. The van der Waals surface area contributed by atoms with Crippen LogP contribution in [0, 0.1) is 5.92 Å². The number of aliphatic hydroxyl groups is 1. The molecule has 5 N–H and O–H groups in total. The van der Waals surface area contributed by atoms with Gasteiger partial charge in [0.1, 0.15) is 30.1 Å². The van der Waals surface area contributed by atoms with Crippen molar-refractivity contribution in [1.29, 1.82) is 0 Å². The molecule has 236 valence electrons. The van der Waals surface area contributed by atoms with Gasteiger partial charge in [0, 0.05) is 11.4 Å². The summed E-state index contributed by atoms with van der Waals surface area (Å²) in [6, 6.07) is 9.98. The van der Waals surface area contributed by atoms with Crippen LogP contribution in [0.25, 0.3) is 0 Å². The van der Waals surface area contributed by atoms with Crippen LogP contribution in [0.1, 0.15) is 85.2 Å². The van der Waals surface area contributed by atoms with E-state index in [9.17, 15) is 24.3 Å². The first-order valence-electron chi connectivity index (χ1n) is 14.7. The van der Waals surface area contributed by atoms with Crippen molar-refractivity contribution in [3.05, 3.63) is 71.8 Å². The minimum atomic E-state index is -1.33. The van der Waals surface area contributed by atoms with Gasteiger partial charge in [-0.1, -0.05) is 32.0 Å². The number of furan rings is 1. The molecule has 1 aliphatic rings. The molecule has 4 atom stereocenters. The van der Waals surface area contributed by atoms with Crippen LogP contribution in [0.5, 0.6) is 0 Å². The number of thioether (sulfide) groups is 1. The van der Waals surface area contributed by atoms with Gasteiger partial charge in [0.2, 0.25) is 17.7 Å². The second-order valence-electron chi connectivity index (χ2n) is 11.1. The lowest BCUT2D eigenvalue weighted by Crippen LogP contribution is -2.57. The number of carbonyl (C=O) groups is 4. The molecule has 0 fully saturated rings. The summed E-state index contributed by atoms with van der Waals surface area (Å²) in [5.41, 5.74) is 0.0839. The van der Waals surface area contributed by atoms with Crippen LogP contribution in [0.2, 0.25) is 0 Å². The summed E-state index contributed by atoms with van der Waals surface area (Å²) in [6.07, 6.45) is 1.59. The lowest BCUT2D eigenvalue weighted by Gasteiger charge is -2.26. The largest absolute Gasteiger partial charge is 0.455 e. The Morgan fingerprint density at radius 2 is 1.84 bits per heavy atom. The highest BCUT2D eigenvalue weighted by Crippen LogP contribution is 2.24. The van der Waals surface area contributed by atoms with Gasteiger partial charge in [-0.05, 0) is 62.8 Å². The summed E-state index contributed by atoms with van der Waals surface area (Å²) in [5, 5.41) is 21.4. The quantitative estimate of drug-likeness (QED) is 0.235. The lowest BCUT2D eigenvalue weighted by atomic mass is 10.0. The Hall–Kier alpha value is -4.10. The number of aliphatic hydroxyl groups excluding tert-OH is 1. The molecule has 0 saturated carbocycles. The zero-order valence-electron chi connectivity index (χ0n) is 25.0. The van der Waals surface area contributed by atoms with Crippen LogP contribution in [0.15, 0.2) is 62.5 Å². The minimum Gasteiger partial charge on any atom is -0.455 e. The number of aromatic nitrogens is 1. The Labute approximate surface area is 260 Å². The van der Waals surface area contributed by atoms with Gasteiger partial charge in [0.05, 0.1) is 11.9 Å². The zero-order chi connectivity index (χ0) is 31.6. The topological polar surface area (TPSA) is 176 Å². The van der Waals surface area contributed by atoms with Crippen molar-refractivity contribution in [2.24, 2.45) is 5.92 Å². The molecule has 0 unspecified atom stereocenters. The van der Waals surface area contributed by atoms with Crippen molar-refractivity contribution >= 4 is 35.4 Å². The third-order valence-corrected chi connectivity index (χ3v) is 8.01. The molecule has 0 spiro atoms. The van der Waals surface area contributed by atoms with E-state index < -0.39 is 47.9 Å². The van der Waals surface area contributed by atoms with Gasteiger partial charge in [-0.15, -0.1) is 11.8 Å². The van der Waals surface area contributed by atoms with Crippen LogP contribution < -0.4 is 21.3 Å². The maximum absolute atomic E-state index is 13.5. The first-order valence-corrected chi connectivity index (χ1v) is 15.7. The number of rotatable bonds is 8. The minimum absolute atomic E-state index is 0.0479. The number of benzene rings is 1. The van der Waals surface area contributed by atoms with Gasteiger partial charge in [0.25, 0.3) is 11.8 Å². The van der Waals surface area contributed by atoms with E-state index in [1.165, 1.54) is 13.2 Å². The summed E-state index contributed by atoms with van der Waals surface area (Å²) in [6.45, 7) is 5.60. The number of carbonyl (C=O) groups excluding carboxylic acids is 4. The van der Waals surface area contributed by atoms with Crippen molar-refractivity contribution in [2.45, 2.75) is 81.3 Å². The first kappa shape index (κ1) is 32.8. The molecule has 4 amide bonds. The smallest absolute Gasteiger partial charge is 0.287 e. The molecule has 1 aromatic carbocycles. The number of nitrogens with zero attached hydrogens (tertiary/aromatic N) is 1. The van der Waals surface area contributed by atoms with Crippen molar-refractivity contribution in [3.63, 3.8) is 0 Å². The average molecular weight is 626 g/mol. The fraction of sp³-hybridized carbons (Fsp3) is 0.452. The number of fused-ring (bicyclic) bond motifs is 2. The van der Waals surface area contributed by atoms with Crippen molar-refractivity contribution in [2.75, 3.05) is 6.54 Å². The lowest BCUT2D eigenvalue weighted by molar-refractivity contribution is -0.133. The third kappa shape index (κ3) is 9.20. The van der Waals surface area contributed by atoms with E-state index in [4.69, 9.17) is 8.83 Å². The highest BCUT2D eigenvalue weighted by atomic mass is 32.2. The van der Waals surface area contributed by atoms with E-state index in [1.807, 2.05) is 44.2 Å². The van der Waals surface area contributed by atoms with E-state index in [-0.39, 0.29) is 29.7 Å². The van der Waals surface area contributed by atoms with Gasteiger partial charge in [0.15, 0.2) is 11.5 Å². The predicted molar refractivity (Wildman–Crippen MR) is 163 cm³/mol. The van der Waals surface area contributed by atoms with Crippen LogP contribution in [0.3, 0.4) is 0 Å². The van der Waals surface area contributed by atoms with Crippen LogP contribution in [-0.4, -0.2) is 58.5 Å². The third-order valence-electron chi connectivity index (χ3n) is 6.98. The average Bonchev–Trinajstić information content (AvgIpc) is 3.68. The molecule has 12 nitrogen and oxygen atoms in total. The number of amides is 4. The molecule has 13 heteroatoms. The fourth-order valence-electron chi connectivity index (χ4n) is 4.68. The predicted octanol–water partition coefficient (Wildman–Crippen LogP) is 3.34. The number of hydrogen-bond acceptors (Lipinski definition) is 9. The Kier molecular flexibility index (Phi) is 11.6. The van der Waals surface area contributed by atoms with Gasteiger partial charge < -0.3 is 35.2 Å². The van der Waals surface area contributed by atoms with E-state index >= 15 is 0 Å². The first-order chi connectivity index (χ1) is 21.1. The Morgan fingerprint density at radius 1 is 1.07 bits per heavy atom. The van der Waals surface area contributed by atoms with Crippen molar-refractivity contribution < 1.29 is 33.1 Å². The van der Waals surface area contributed by atoms with Gasteiger partial charge >= 0.3 is 0 Å². The van der Waals surface area contributed by atoms with Gasteiger partial charge in [-0.2, -0.15) is 0 Å². The van der Waals surface area contributed by atoms with Crippen LogP contribution in [0.4, 0.5) is 0 Å². The molecular formula is C31H39N5O7S. The Morgan fingerprint density at radius 3 is 2.57 bits per heavy atom. The molecule has 0 aliphatic carbocycles. The van der Waals surface area contributed by atoms with E-state index in [1.54, 1.807) is 23.9 Å². The van der Waals surface area contributed by atoms with Gasteiger partial charge in [-0.3, -0.25) is 19.2 Å². The van der Waals surface area contributed by atoms with Gasteiger partial charge in [-0.25, -0.2) is 4.98 Å². The number of nitrogens with one attached hydrogen (secondary N) is 4. The second kappa shape index (κ2) is 15.6. The number of oxazole rings is 1. The summed E-state index contributed by atoms with van der Waals surface area (Å²) in [5.74, 6) is -0.883. The molecule has 0 saturated heterocycles. The summed E-state index contributed by atoms with van der Waals surface area (Å²) in [7, 11) is 0. The molecule has 44 heavy (non-hydrogen) atoms. The maximum Gasteiger partial charge on any atom is 0.287 e. The molecule has 3 heterocycles. The van der Waals surface area contributed by atoms with E-state index in [0.29, 0.717) is 37.3 Å². The van der Waals surface area contributed by atoms with Crippen LogP contribution >= 0.6 is 11.8 Å². The van der Waals surface area contributed by atoms with E-state index in [2.05, 4.69) is 26.3 Å². The molecule has 3 aromatic rings. The van der Waals surface area contributed by atoms with Crippen molar-refractivity contribution in [1.82, 2.24) is 26.3 Å².